The first-order valence-corrected chi connectivity index (χ1v) is 8.10. The monoisotopic (exact) mass is 351 g/mol. The molecule has 26 heavy (non-hydrogen) atoms. The molecule has 0 aliphatic heterocycles. The Balaban J connectivity index is 1.59. The fourth-order valence-electron chi connectivity index (χ4n) is 2.26. The predicted octanol–water partition coefficient (Wildman–Crippen LogP) is 2.84. The first kappa shape index (κ1) is 17.3. The van der Waals surface area contributed by atoms with Crippen LogP contribution in [0.5, 0.6) is 0 Å². The topological polar surface area (TPSA) is 94.3 Å². The van der Waals surface area contributed by atoms with Crippen LogP contribution in [0.4, 0.5) is 0 Å². The van der Waals surface area contributed by atoms with Crippen molar-refractivity contribution in [2.24, 2.45) is 0 Å². The molecule has 0 fully saturated rings. The summed E-state index contributed by atoms with van der Waals surface area (Å²) in [5.74, 6) is 0.0487. The van der Waals surface area contributed by atoms with Gasteiger partial charge in [-0.15, -0.1) is 0 Å². The lowest BCUT2D eigenvalue weighted by Crippen LogP contribution is -2.23. The van der Waals surface area contributed by atoms with Crippen molar-refractivity contribution < 1.29 is 18.8 Å². The van der Waals surface area contributed by atoms with Gasteiger partial charge in [0, 0.05) is 11.1 Å². The van der Waals surface area contributed by atoms with E-state index in [0.29, 0.717) is 29.4 Å². The number of carbonyl (C=O) groups is 2. The Morgan fingerprint density at radius 3 is 2.42 bits per heavy atom. The molecule has 0 saturated heterocycles. The molecule has 3 rings (SSSR count). The SMILES string of the molecule is CCOC(=O)c1ccc(C(=O)NCc2nc(-c3ccccc3)no2)cc1. The number of hydrogen-bond acceptors (Lipinski definition) is 6. The largest absolute Gasteiger partial charge is 0.462 e. The zero-order valence-electron chi connectivity index (χ0n) is 14.1. The zero-order chi connectivity index (χ0) is 18.4. The Labute approximate surface area is 150 Å². The minimum Gasteiger partial charge on any atom is -0.462 e. The minimum atomic E-state index is -0.418. The molecule has 7 heteroatoms. The fourth-order valence-corrected chi connectivity index (χ4v) is 2.26. The highest BCUT2D eigenvalue weighted by Gasteiger charge is 2.12. The maximum Gasteiger partial charge on any atom is 0.338 e. The lowest BCUT2D eigenvalue weighted by molar-refractivity contribution is 0.0526. The van der Waals surface area contributed by atoms with E-state index in [0.717, 1.165) is 5.56 Å². The molecule has 0 spiro atoms. The van der Waals surface area contributed by atoms with Crippen molar-refractivity contribution in [3.63, 3.8) is 0 Å². The number of nitrogens with one attached hydrogen (secondary N) is 1. The van der Waals surface area contributed by atoms with Crippen LogP contribution in [0.1, 0.15) is 33.5 Å². The summed E-state index contributed by atoms with van der Waals surface area (Å²) in [6, 6.07) is 15.6. The van der Waals surface area contributed by atoms with Crippen LogP contribution in [-0.2, 0) is 11.3 Å². The Kier molecular flexibility index (Phi) is 5.38. The van der Waals surface area contributed by atoms with E-state index in [9.17, 15) is 9.59 Å². The number of nitrogens with zero attached hydrogens (tertiary/aromatic N) is 2. The van der Waals surface area contributed by atoms with Crippen LogP contribution in [0.2, 0.25) is 0 Å². The van der Waals surface area contributed by atoms with Gasteiger partial charge in [0.1, 0.15) is 0 Å². The van der Waals surface area contributed by atoms with E-state index in [2.05, 4.69) is 15.5 Å². The summed E-state index contributed by atoms with van der Waals surface area (Å²) in [7, 11) is 0. The highest BCUT2D eigenvalue weighted by Crippen LogP contribution is 2.14. The number of carbonyl (C=O) groups excluding carboxylic acids is 2. The molecule has 1 amide bonds. The van der Waals surface area contributed by atoms with Crippen LogP contribution in [0.25, 0.3) is 11.4 Å². The Hall–Kier alpha value is -3.48. The highest BCUT2D eigenvalue weighted by molar-refractivity contribution is 5.96. The number of benzene rings is 2. The standard InChI is InChI=1S/C19H17N3O4/c1-2-25-19(24)15-10-8-14(9-11-15)18(23)20-12-16-21-17(22-26-16)13-6-4-3-5-7-13/h3-11H,2,12H2,1H3,(H,20,23). The molecule has 1 N–H and O–H groups in total. The number of rotatable bonds is 6. The van der Waals surface area contributed by atoms with Crippen LogP contribution >= 0.6 is 0 Å². The first-order valence-electron chi connectivity index (χ1n) is 8.10. The maximum absolute atomic E-state index is 12.2. The van der Waals surface area contributed by atoms with Gasteiger partial charge in [-0.05, 0) is 31.2 Å². The van der Waals surface area contributed by atoms with E-state index in [1.165, 1.54) is 0 Å². The van der Waals surface area contributed by atoms with Crippen molar-refractivity contribution in [2.75, 3.05) is 6.61 Å². The van der Waals surface area contributed by atoms with Gasteiger partial charge < -0.3 is 14.6 Å². The molecule has 0 atom stereocenters. The van der Waals surface area contributed by atoms with Crippen LogP contribution in [0.15, 0.2) is 59.1 Å². The molecule has 0 radical (unpaired) electrons. The Bertz CT molecular complexity index is 889. The summed E-state index contributed by atoms with van der Waals surface area (Å²) in [5.41, 5.74) is 1.65. The van der Waals surface area contributed by atoms with Gasteiger partial charge in [-0.1, -0.05) is 35.5 Å². The average Bonchev–Trinajstić information content (AvgIpc) is 3.16. The van der Waals surface area contributed by atoms with Gasteiger partial charge in [-0.2, -0.15) is 4.98 Å². The average molecular weight is 351 g/mol. The molecule has 7 nitrogen and oxygen atoms in total. The normalized spacial score (nSPS) is 10.3. The van der Waals surface area contributed by atoms with E-state index in [1.54, 1.807) is 31.2 Å². The molecular formula is C19H17N3O4. The molecular weight excluding hydrogens is 334 g/mol. The predicted molar refractivity (Wildman–Crippen MR) is 93.3 cm³/mol. The van der Waals surface area contributed by atoms with Crippen LogP contribution in [0, 0.1) is 0 Å². The number of ether oxygens (including phenoxy) is 1. The highest BCUT2D eigenvalue weighted by atomic mass is 16.5. The summed E-state index contributed by atoms with van der Waals surface area (Å²) >= 11 is 0. The summed E-state index contributed by atoms with van der Waals surface area (Å²) in [6.45, 7) is 2.15. The molecule has 0 aliphatic carbocycles. The lowest BCUT2D eigenvalue weighted by Gasteiger charge is -2.04. The number of aromatic nitrogens is 2. The van der Waals surface area contributed by atoms with Gasteiger partial charge in [0.15, 0.2) is 0 Å². The maximum atomic E-state index is 12.2. The van der Waals surface area contributed by atoms with Gasteiger partial charge in [-0.3, -0.25) is 4.79 Å². The number of esters is 1. The second-order valence-electron chi connectivity index (χ2n) is 5.36. The van der Waals surface area contributed by atoms with Gasteiger partial charge in [0.05, 0.1) is 18.7 Å². The van der Waals surface area contributed by atoms with Crippen molar-refractivity contribution in [3.8, 4) is 11.4 Å². The van der Waals surface area contributed by atoms with Crippen LogP contribution < -0.4 is 5.32 Å². The third kappa shape index (κ3) is 4.13. The van der Waals surface area contributed by atoms with Crippen LogP contribution in [-0.4, -0.2) is 28.6 Å². The molecule has 0 saturated carbocycles. The zero-order valence-corrected chi connectivity index (χ0v) is 14.1. The third-order valence-electron chi connectivity index (χ3n) is 3.56. The van der Waals surface area contributed by atoms with E-state index < -0.39 is 5.97 Å². The molecule has 1 heterocycles. The van der Waals surface area contributed by atoms with Gasteiger partial charge in [-0.25, -0.2) is 4.79 Å². The van der Waals surface area contributed by atoms with Gasteiger partial charge >= 0.3 is 5.97 Å². The van der Waals surface area contributed by atoms with E-state index >= 15 is 0 Å². The fraction of sp³-hybridized carbons (Fsp3) is 0.158. The molecule has 0 bridgehead atoms. The summed E-state index contributed by atoms with van der Waals surface area (Å²) in [6.07, 6.45) is 0. The van der Waals surface area contributed by atoms with Gasteiger partial charge in [0.2, 0.25) is 11.7 Å². The molecule has 132 valence electrons. The summed E-state index contributed by atoms with van der Waals surface area (Å²) in [5, 5.41) is 6.60. The van der Waals surface area contributed by atoms with Crippen molar-refractivity contribution in [1.29, 1.82) is 0 Å². The summed E-state index contributed by atoms with van der Waals surface area (Å²) in [4.78, 5) is 28.0. The van der Waals surface area contributed by atoms with Crippen LogP contribution in [0.3, 0.4) is 0 Å². The van der Waals surface area contributed by atoms with Crippen molar-refractivity contribution in [3.05, 3.63) is 71.6 Å². The van der Waals surface area contributed by atoms with E-state index in [-0.39, 0.29) is 12.5 Å². The van der Waals surface area contributed by atoms with Gasteiger partial charge in [0.25, 0.3) is 5.91 Å². The summed E-state index contributed by atoms with van der Waals surface area (Å²) < 4.78 is 10.1. The van der Waals surface area contributed by atoms with E-state index in [4.69, 9.17) is 9.26 Å². The quantitative estimate of drug-likeness (QED) is 0.686. The Morgan fingerprint density at radius 2 is 1.73 bits per heavy atom. The molecule has 1 aromatic heterocycles. The molecule has 0 aliphatic rings. The molecule has 2 aromatic carbocycles. The van der Waals surface area contributed by atoms with Crippen molar-refractivity contribution >= 4 is 11.9 Å². The third-order valence-corrected chi connectivity index (χ3v) is 3.56. The van der Waals surface area contributed by atoms with Crippen molar-refractivity contribution in [2.45, 2.75) is 13.5 Å². The van der Waals surface area contributed by atoms with E-state index in [1.807, 2.05) is 30.3 Å². The Morgan fingerprint density at radius 1 is 1.04 bits per heavy atom. The second kappa shape index (κ2) is 8.06. The number of amides is 1. The second-order valence-corrected chi connectivity index (χ2v) is 5.36. The lowest BCUT2D eigenvalue weighted by atomic mass is 10.1. The first-order chi connectivity index (χ1) is 12.7. The molecule has 3 aromatic rings. The smallest absolute Gasteiger partial charge is 0.338 e. The number of hydrogen-bond donors (Lipinski definition) is 1. The van der Waals surface area contributed by atoms with Crippen molar-refractivity contribution in [1.82, 2.24) is 15.5 Å². The minimum absolute atomic E-state index is 0.109. The molecule has 0 unspecified atom stereocenters.